The molecule has 5 rings (SSSR count). The molecule has 6 heteroatoms. The number of rotatable bonds is 3. The molecule has 1 atom stereocenters. The molecule has 1 N–H and O–H groups in total. The molecule has 1 saturated heterocycles. The smallest absolute Gasteiger partial charge is 0.151 e. The molecule has 2 aliphatic rings. The van der Waals surface area contributed by atoms with Crippen molar-refractivity contribution in [3.8, 4) is 0 Å². The molecule has 0 saturated carbocycles. The van der Waals surface area contributed by atoms with Crippen molar-refractivity contribution in [2.75, 3.05) is 44.3 Å². The topological polar surface area (TPSA) is 44.4 Å². The fraction of sp³-hybridized carbons (Fsp3) is 0.409. The third-order valence-electron chi connectivity index (χ3n) is 6.12. The Balaban J connectivity index is 1.58. The van der Waals surface area contributed by atoms with E-state index < -0.39 is 0 Å². The monoisotopic (exact) mass is 380 g/mol. The van der Waals surface area contributed by atoms with Crippen LogP contribution in [-0.4, -0.2) is 54.5 Å². The highest BCUT2D eigenvalue weighted by Gasteiger charge is 2.30. The van der Waals surface area contributed by atoms with Gasteiger partial charge in [0.1, 0.15) is 0 Å². The Hall–Kier alpha value is -2.44. The van der Waals surface area contributed by atoms with Crippen LogP contribution in [0.4, 0.5) is 10.1 Å². The first-order valence-electron chi connectivity index (χ1n) is 10.0. The van der Waals surface area contributed by atoms with Gasteiger partial charge in [0.15, 0.2) is 5.82 Å². The minimum Gasteiger partial charge on any atom is -0.378 e. The number of nitrogens with zero attached hydrogens (tertiary/aromatic N) is 3. The van der Waals surface area contributed by atoms with Gasteiger partial charge in [-0.05, 0) is 29.8 Å². The number of benzene rings is 2. The first-order chi connectivity index (χ1) is 13.7. The average Bonchev–Trinajstić information content (AvgIpc) is 3.22. The summed E-state index contributed by atoms with van der Waals surface area (Å²) >= 11 is 0. The minimum absolute atomic E-state index is 0.0647. The highest BCUT2D eigenvalue weighted by atomic mass is 19.1. The molecule has 146 valence electrons. The van der Waals surface area contributed by atoms with Gasteiger partial charge in [0.25, 0.3) is 0 Å². The van der Waals surface area contributed by atoms with E-state index in [1.54, 1.807) is 0 Å². The molecule has 1 fully saturated rings. The third-order valence-corrected chi connectivity index (χ3v) is 6.12. The van der Waals surface area contributed by atoms with Crippen molar-refractivity contribution >= 4 is 16.6 Å². The van der Waals surface area contributed by atoms with Crippen molar-refractivity contribution in [3.63, 3.8) is 0 Å². The van der Waals surface area contributed by atoms with Gasteiger partial charge in [-0.2, -0.15) is 5.10 Å². The summed E-state index contributed by atoms with van der Waals surface area (Å²) in [6.07, 6.45) is 1.83. The predicted molar refractivity (Wildman–Crippen MR) is 108 cm³/mol. The van der Waals surface area contributed by atoms with E-state index in [0.29, 0.717) is 25.4 Å². The number of nitrogens with one attached hydrogen (secondary N) is 1. The maximum Gasteiger partial charge on any atom is 0.151 e. The number of anilines is 1. The van der Waals surface area contributed by atoms with Gasteiger partial charge >= 0.3 is 0 Å². The zero-order valence-electron chi connectivity index (χ0n) is 16.1. The molecule has 3 heterocycles. The summed E-state index contributed by atoms with van der Waals surface area (Å²) in [5, 5.41) is 8.28. The van der Waals surface area contributed by atoms with Gasteiger partial charge in [-0.3, -0.25) is 10.00 Å². The number of ether oxygens (including phenoxy) is 1. The summed E-state index contributed by atoms with van der Waals surface area (Å²) in [6.45, 7) is 7.42. The quantitative estimate of drug-likeness (QED) is 0.755. The van der Waals surface area contributed by atoms with Crippen molar-refractivity contribution in [1.82, 2.24) is 15.1 Å². The number of halogens is 1. The molecule has 0 spiro atoms. The summed E-state index contributed by atoms with van der Waals surface area (Å²) in [7, 11) is 0. The zero-order valence-corrected chi connectivity index (χ0v) is 16.1. The van der Waals surface area contributed by atoms with Gasteiger partial charge in [0.2, 0.25) is 0 Å². The van der Waals surface area contributed by atoms with E-state index >= 15 is 4.39 Å². The normalized spacial score (nSPS) is 20.5. The molecule has 1 unspecified atom stereocenters. The third kappa shape index (κ3) is 2.97. The second-order valence-electron chi connectivity index (χ2n) is 7.66. The predicted octanol–water partition coefficient (Wildman–Crippen LogP) is 3.51. The fourth-order valence-corrected chi connectivity index (χ4v) is 4.50. The fourth-order valence-electron chi connectivity index (χ4n) is 4.50. The number of morpholine rings is 1. The van der Waals surface area contributed by atoms with Gasteiger partial charge in [-0.25, -0.2) is 4.39 Å². The lowest BCUT2D eigenvalue weighted by molar-refractivity contribution is 0.122. The number of likely N-dealkylation sites (N-methyl/N-ethyl adjacent to an activating group) is 1. The van der Waals surface area contributed by atoms with Crippen LogP contribution in [0.25, 0.3) is 10.9 Å². The maximum atomic E-state index is 15.6. The maximum absolute atomic E-state index is 15.6. The lowest BCUT2D eigenvalue weighted by Gasteiger charge is -2.36. The Morgan fingerprint density at radius 2 is 2.07 bits per heavy atom. The standard InChI is InChI=1S/C22H25FN4O/c1-2-26-13-18(15-3-4-16-12-24-25-20(16)11-15)17-5-6-21(22(23)19(17)14-26)27-7-9-28-10-8-27/h3-6,11-12,18H,2,7-10,13-14H2,1H3,(H,24,25). The SMILES string of the molecule is CCN1Cc2c(ccc(N3CCOCC3)c2F)C(c2ccc3cn[nH]c3c2)C1. The summed E-state index contributed by atoms with van der Waals surface area (Å²) in [5.41, 5.74) is 4.89. The van der Waals surface area contributed by atoms with Crippen LogP contribution in [0, 0.1) is 5.82 Å². The van der Waals surface area contributed by atoms with Crippen LogP contribution in [0.15, 0.2) is 36.5 Å². The molecule has 5 nitrogen and oxygen atoms in total. The van der Waals surface area contributed by atoms with E-state index in [0.717, 1.165) is 48.2 Å². The van der Waals surface area contributed by atoms with Gasteiger partial charge in [-0.1, -0.05) is 25.1 Å². The van der Waals surface area contributed by atoms with E-state index in [1.165, 1.54) is 5.56 Å². The van der Waals surface area contributed by atoms with Gasteiger partial charge < -0.3 is 9.64 Å². The van der Waals surface area contributed by atoms with Crippen LogP contribution in [0.3, 0.4) is 0 Å². The first-order valence-corrected chi connectivity index (χ1v) is 10.0. The lowest BCUT2D eigenvalue weighted by atomic mass is 9.83. The summed E-state index contributed by atoms with van der Waals surface area (Å²) < 4.78 is 21.0. The molecule has 28 heavy (non-hydrogen) atoms. The molecular formula is C22H25FN4O. The van der Waals surface area contributed by atoms with E-state index in [9.17, 15) is 0 Å². The highest BCUT2D eigenvalue weighted by molar-refractivity contribution is 5.78. The Bertz CT molecular complexity index is 995. The van der Waals surface area contributed by atoms with E-state index in [4.69, 9.17) is 4.74 Å². The molecule has 0 aliphatic carbocycles. The van der Waals surface area contributed by atoms with Gasteiger partial charge in [0.05, 0.1) is 30.6 Å². The molecule has 0 amide bonds. The van der Waals surface area contributed by atoms with Crippen LogP contribution >= 0.6 is 0 Å². The van der Waals surface area contributed by atoms with Crippen LogP contribution in [0.2, 0.25) is 0 Å². The Labute approximate surface area is 164 Å². The Kier molecular flexibility index (Phi) is 4.53. The lowest BCUT2D eigenvalue weighted by Crippen LogP contribution is -2.38. The van der Waals surface area contributed by atoms with E-state index in [1.807, 2.05) is 12.3 Å². The zero-order chi connectivity index (χ0) is 19.1. The second kappa shape index (κ2) is 7.18. The van der Waals surface area contributed by atoms with Crippen molar-refractivity contribution in [1.29, 1.82) is 0 Å². The van der Waals surface area contributed by atoms with Crippen LogP contribution in [0.5, 0.6) is 0 Å². The van der Waals surface area contributed by atoms with E-state index in [2.05, 4.69) is 51.2 Å². The van der Waals surface area contributed by atoms with Crippen LogP contribution in [0.1, 0.15) is 29.5 Å². The van der Waals surface area contributed by atoms with Crippen LogP contribution in [-0.2, 0) is 11.3 Å². The van der Waals surface area contributed by atoms with Crippen molar-refractivity contribution in [2.45, 2.75) is 19.4 Å². The average molecular weight is 380 g/mol. The summed E-state index contributed by atoms with van der Waals surface area (Å²) in [6, 6.07) is 10.5. The first kappa shape index (κ1) is 17.6. The van der Waals surface area contributed by atoms with E-state index in [-0.39, 0.29) is 11.7 Å². The van der Waals surface area contributed by atoms with Gasteiger partial charge in [0, 0.05) is 43.0 Å². The molecular weight excluding hydrogens is 355 g/mol. The Morgan fingerprint density at radius 1 is 1.21 bits per heavy atom. The minimum atomic E-state index is -0.0647. The number of H-pyrrole nitrogens is 1. The molecule has 3 aromatic rings. The second-order valence-corrected chi connectivity index (χ2v) is 7.66. The Morgan fingerprint density at radius 3 is 2.89 bits per heavy atom. The molecule has 2 aromatic carbocycles. The number of fused-ring (bicyclic) bond motifs is 2. The van der Waals surface area contributed by atoms with Crippen molar-refractivity contribution in [3.05, 3.63) is 59.0 Å². The molecule has 2 aliphatic heterocycles. The molecule has 0 bridgehead atoms. The molecule has 0 radical (unpaired) electrons. The number of aromatic amines is 1. The number of aromatic nitrogens is 2. The van der Waals surface area contributed by atoms with Gasteiger partial charge in [-0.15, -0.1) is 0 Å². The van der Waals surface area contributed by atoms with Crippen molar-refractivity contribution < 1.29 is 9.13 Å². The number of hydrogen-bond acceptors (Lipinski definition) is 4. The summed E-state index contributed by atoms with van der Waals surface area (Å²) in [5.74, 6) is 0.0924. The molecule has 1 aromatic heterocycles. The highest BCUT2D eigenvalue weighted by Crippen LogP contribution is 2.38. The summed E-state index contributed by atoms with van der Waals surface area (Å²) in [4.78, 5) is 4.44. The largest absolute Gasteiger partial charge is 0.378 e. The number of hydrogen-bond donors (Lipinski definition) is 1. The van der Waals surface area contributed by atoms with Crippen LogP contribution < -0.4 is 4.90 Å². The van der Waals surface area contributed by atoms with Crippen molar-refractivity contribution in [2.24, 2.45) is 0 Å².